The molecular weight excluding hydrogens is 234 g/mol. The predicted molar refractivity (Wildman–Crippen MR) is 56.5 cm³/mol. The molecule has 16 heavy (non-hydrogen) atoms. The average Bonchev–Trinajstić information content (AvgIpc) is 2.15. The molecule has 86 valence electrons. The lowest BCUT2D eigenvalue weighted by Crippen LogP contribution is -2.28. The van der Waals surface area contributed by atoms with Gasteiger partial charge in [-0.05, 0) is 13.8 Å². The second kappa shape index (κ2) is 4.88. The second-order valence-electron chi connectivity index (χ2n) is 3.03. The molecule has 2 N–H and O–H groups in total. The molecule has 0 spiro atoms. The molecule has 1 aromatic rings. The largest absolute Gasteiger partial charge is 0.342 e. The molecule has 0 bridgehead atoms. The molecule has 0 aliphatic heterocycles. The van der Waals surface area contributed by atoms with Gasteiger partial charge >= 0.3 is 5.69 Å². The van der Waals surface area contributed by atoms with Crippen molar-refractivity contribution in [3.63, 3.8) is 0 Å². The summed E-state index contributed by atoms with van der Waals surface area (Å²) in [5.74, 6) is -0.741. The van der Waals surface area contributed by atoms with Crippen molar-refractivity contribution in [2.24, 2.45) is 0 Å². The number of Topliss-reactive ketones (excluding diaryl/α,β-unsaturated/α-hetero) is 2. The second-order valence-corrected chi connectivity index (χ2v) is 4.13. The van der Waals surface area contributed by atoms with Gasteiger partial charge in [-0.25, -0.2) is 9.89 Å². The minimum atomic E-state index is -0.973. The van der Waals surface area contributed by atoms with Crippen LogP contribution in [0, 0.1) is 0 Å². The number of ketones is 2. The van der Waals surface area contributed by atoms with E-state index in [9.17, 15) is 19.2 Å². The van der Waals surface area contributed by atoms with Crippen LogP contribution in [0.3, 0.4) is 0 Å². The third kappa shape index (κ3) is 2.89. The van der Waals surface area contributed by atoms with E-state index in [4.69, 9.17) is 0 Å². The monoisotopic (exact) mass is 243 g/mol. The van der Waals surface area contributed by atoms with Crippen molar-refractivity contribution >= 4 is 23.3 Å². The third-order valence-electron chi connectivity index (χ3n) is 1.65. The molecule has 0 aromatic carbocycles. The molecule has 0 aliphatic carbocycles. The van der Waals surface area contributed by atoms with Gasteiger partial charge in [-0.15, -0.1) is 0 Å². The number of hydrogen-bond acceptors (Lipinski definition) is 6. The van der Waals surface area contributed by atoms with Crippen molar-refractivity contribution in [1.29, 1.82) is 0 Å². The molecular formula is C8H9N3O4S. The fourth-order valence-electron chi connectivity index (χ4n) is 0.981. The predicted octanol–water partition coefficient (Wildman–Crippen LogP) is -0.903. The minimum Gasteiger partial charge on any atom is -0.298 e. The summed E-state index contributed by atoms with van der Waals surface area (Å²) in [5.41, 5.74) is -1.46. The van der Waals surface area contributed by atoms with E-state index in [2.05, 4.69) is 5.10 Å². The van der Waals surface area contributed by atoms with Crippen LogP contribution >= 0.6 is 11.8 Å². The van der Waals surface area contributed by atoms with E-state index in [1.165, 1.54) is 13.8 Å². The fourth-order valence-corrected chi connectivity index (χ4v) is 1.79. The molecule has 0 radical (unpaired) electrons. The standard InChI is InChI=1S/C8H9N3O4S/c1-3(12)5(4(2)13)16-7-6(14)9-8(15)11-10-7/h5H,1-2H3,(H2,9,11,14,15). The van der Waals surface area contributed by atoms with Gasteiger partial charge in [0.2, 0.25) is 0 Å². The van der Waals surface area contributed by atoms with E-state index in [-0.39, 0.29) is 16.6 Å². The van der Waals surface area contributed by atoms with E-state index in [1.807, 2.05) is 10.1 Å². The summed E-state index contributed by atoms with van der Waals surface area (Å²) in [6.45, 7) is 2.50. The Hall–Kier alpha value is -1.70. The van der Waals surface area contributed by atoms with Crippen LogP contribution in [-0.4, -0.2) is 32.0 Å². The van der Waals surface area contributed by atoms with E-state index in [0.29, 0.717) is 11.8 Å². The van der Waals surface area contributed by atoms with Gasteiger partial charge in [0.1, 0.15) is 5.25 Å². The molecule has 0 aliphatic rings. The highest BCUT2D eigenvalue weighted by Crippen LogP contribution is 2.18. The summed E-state index contributed by atoms with van der Waals surface area (Å²) < 4.78 is 0. The van der Waals surface area contributed by atoms with Crippen molar-refractivity contribution in [1.82, 2.24) is 15.2 Å². The summed E-state index contributed by atoms with van der Waals surface area (Å²) >= 11 is 0.716. The van der Waals surface area contributed by atoms with Crippen molar-refractivity contribution in [2.75, 3.05) is 0 Å². The Morgan fingerprint density at radius 3 is 2.25 bits per heavy atom. The molecule has 0 amide bonds. The maximum Gasteiger partial charge on any atom is 0.342 e. The molecule has 0 atom stereocenters. The number of carbonyl (C=O) groups is 2. The van der Waals surface area contributed by atoms with Crippen molar-refractivity contribution in [3.8, 4) is 0 Å². The third-order valence-corrected chi connectivity index (χ3v) is 3.05. The SMILES string of the molecule is CC(=O)C(Sc1n[nH]c(=O)[nH]c1=O)C(C)=O. The average molecular weight is 243 g/mol. The van der Waals surface area contributed by atoms with Gasteiger partial charge in [0, 0.05) is 0 Å². The molecule has 0 unspecified atom stereocenters. The van der Waals surface area contributed by atoms with Crippen LogP contribution in [0.4, 0.5) is 0 Å². The summed E-state index contributed by atoms with van der Waals surface area (Å²) in [5, 5.41) is 4.39. The lowest BCUT2D eigenvalue weighted by Gasteiger charge is -2.07. The Labute approximate surface area is 93.7 Å². The van der Waals surface area contributed by atoms with Crippen molar-refractivity contribution in [2.45, 2.75) is 24.1 Å². The van der Waals surface area contributed by atoms with Crippen molar-refractivity contribution < 1.29 is 9.59 Å². The van der Waals surface area contributed by atoms with Crippen LogP contribution in [0.1, 0.15) is 13.8 Å². The number of hydrogen-bond donors (Lipinski definition) is 2. The Morgan fingerprint density at radius 1 is 1.25 bits per heavy atom. The number of thioether (sulfide) groups is 1. The maximum absolute atomic E-state index is 11.2. The van der Waals surface area contributed by atoms with Gasteiger partial charge in [0.05, 0.1) is 0 Å². The molecule has 7 nitrogen and oxygen atoms in total. The first kappa shape index (κ1) is 12.4. The summed E-state index contributed by atoms with van der Waals surface area (Å²) in [6.07, 6.45) is 0. The summed E-state index contributed by atoms with van der Waals surface area (Å²) in [6, 6.07) is 0. The van der Waals surface area contributed by atoms with Crippen LogP contribution < -0.4 is 11.2 Å². The maximum atomic E-state index is 11.2. The van der Waals surface area contributed by atoms with Gasteiger partial charge in [-0.2, -0.15) is 5.10 Å². The number of carbonyl (C=O) groups excluding carboxylic acids is 2. The Balaban J connectivity index is 3.03. The quantitative estimate of drug-likeness (QED) is 0.523. The zero-order valence-electron chi connectivity index (χ0n) is 8.57. The van der Waals surface area contributed by atoms with Gasteiger partial charge in [0.25, 0.3) is 5.56 Å². The summed E-state index contributed by atoms with van der Waals surface area (Å²) in [7, 11) is 0. The van der Waals surface area contributed by atoms with E-state index >= 15 is 0 Å². The molecule has 8 heteroatoms. The minimum absolute atomic E-state index is 0.116. The van der Waals surface area contributed by atoms with Gasteiger partial charge in [-0.1, -0.05) is 11.8 Å². The number of nitrogens with zero attached hydrogens (tertiary/aromatic N) is 1. The van der Waals surface area contributed by atoms with Crippen LogP contribution in [0.2, 0.25) is 0 Å². The molecule has 1 aromatic heterocycles. The molecule has 1 heterocycles. The topological polar surface area (TPSA) is 113 Å². The zero-order valence-corrected chi connectivity index (χ0v) is 9.38. The first-order valence-electron chi connectivity index (χ1n) is 4.28. The zero-order chi connectivity index (χ0) is 12.3. The molecule has 0 fully saturated rings. The van der Waals surface area contributed by atoms with Gasteiger partial charge in [0.15, 0.2) is 16.6 Å². The van der Waals surface area contributed by atoms with Crippen molar-refractivity contribution in [3.05, 3.63) is 20.8 Å². The smallest absolute Gasteiger partial charge is 0.298 e. The first-order valence-corrected chi connectivity index (χ1v) is 5.16. The molecule has 1 rings (SSSR count). The highest BCUT2D eigenvalue weighted by atomic mass is 32.2. The lowest BCUT2D eigenvalue weighted by molar-refractivity contribution is -0.123. The molecule has 0 saturated carbocycles. The fraction of sp³-hybridized carbons (Fsp3) is 0.375. The van der Waals surface area contributed by atoms with Gasteiger partial charge < -0.3 is 0 Å². The van der Waals surface area contributed by atoms with Gasteiger partial charge in [-0.3, -0.25) is 19.4 Å². The number of aromatic nitrogens is 3. The Morgan fingerprint density at radius 2 is 1.81 bits per heavy atom. The van der Waals surface area contributed by atoms with Crippen LogP contribution in [0.25, 0.3) is 0 Å². The van der Waals surface area contributed by atoms with E-state index < -0.39 is 16.5 Å². The number of aromatic amines is 2. The molecule has 0 saturated heterocycles. The van der Waals surface area contributed by atoms with Crippen LogP contribution in [0.15, 0.2) is 14.6 Å². The van der Waals surface area contributed by atoms with E-state index in [0.717, 1.165) is 0 Å². The Kier molecular flexibility index (Phi) is 3.78. The number of nitrogens with one attached hydrogen (secondary N) is 2. The Bertz CT molecular complexity index is 519. The number of H-pyrrole nitrogens is 2. The van der Waals surface area contributed by atoms with Crippen LogP contribution in [0.5, 0.6) is 0 Å². The first-order chi connectivity index (χ1) is 7.41. The lowest BCUT2D eigenvalue weighted by atomic mass is 10.2. The number of rotatable bonds is 4. The van der Waals surface area contributed by atoms with Crippen LogP contribution in [-0.2, 0) is 9.59 Å². The highest BCUT2D eigenvalue weighted by Gasteiger charge is 2.23. The normalized spacial score (nSPS) is 10.4. The summed E-state index contributed by atoms with van der Waals surface area (Å²) in [4.78, 5) is 46.1. The van der Waals surface area contributed by atoms with E-state index in [1.54, 1.807) is 0 Å². The highest BCUT2D eigenvalue weighted by molar-refractivity contribution is 8.01.